The van der Waals surface area contributed by atoms with Crippen molar-refractivity contribution in [3.8, 4) is 11.1 Å². The number of alkyl carbamates (subject to hydrolysis) is 1. The number of amides is 1. The fourth-order valence-electron chi connectivity index (χ4n) is 4.57. The normalized spacial score (nSPS) is 18.4. The Labute approximate surface area is 205 Å². The number of hydrogen-bond donors (Lipinski definition) is 2. The first-order valence-electron chi connectivity index (χ1n) is 12.1. The summed E-state index contributed by atoms with van der Waals surface area (Å²) in [6, 6.07) is 14.8. The van der Waals surface area contributed by atoms with Gasteiger partial charge in [-0.25, -0.2) is 9.59 Å². The quantitative estimate of drug-likeness (QED) is 0.519. The Morgan fingerprint density at radius 1 is 1.09 bits per heavy atom. The number of ether oxygens (including phenoxy) is 4. The minimum Gasteiger partial charge on any atom is -0.480 e. The van der Waals surface area contributed by atoms with E-state index >= 15 is 0 Å². The van der Waals surface area contributed by atoms with Crippen LogP contribution in [0.4, 0.5) is 4.79 Å². The van der Waals surface area contributed by atoms with Gasteiger partial charge in [0.1, 0.15) is 6.61 Å². The Balaban J connectivity index is 1.27. The van der Waals surface area contributed by atoms with Gasteiger partial charge in [-0.1, -0.05) is 48.5 Å². The highest BCUT2D eigenvalue weighted by Crippen LogP contribution is 2.44. The highest BCUT2D eigenvalue weighted by molar-refractivity contribution is 5.81. The summed E-state index contributed by atoms with van der Waals surface area (Å²) in [5.74, 6) is -1.31. The van der Waals surface area contributed by atoms with Crippen LogP contribution in [-0.4, -0.2) is 61.5 Å². The molecule has 2 aliphatic rings. The predicted octanol–water partition coefficient (Wildman–Crippen LogP) is 4.32. The second kappa shape index (κ2) is 11.2. The van der Waals surface area contributed by atoms with E-state index in [-0.39, 0.29) is 32.0 Å². The third-order valence-electron chi connectivity index (χ3n) is 6.26. The first kappa shape index (κ1) is 25.2. The fourth-order valence-corrected chi connectivity index (χ4v) is 4.57. The molecule has 8 nitrogen and oxygen atoms in total. The summed E-state index contributed by atoms with van der Waals surface area (Å²) in [6.45, 7) is 4.45. The summed E-state index contributed by atoms with van der Waals surface area (Å²) in [6.07, 6.45) is 1.82. The Bertz CT molecular complexity index is 986. The molecule has 2 atom stereocenters. The molecule has 1 fully saturated rings. The number of carbonyl (C=O) groups is 2. The van der Waals surface area contributed by atoms with Gasteiger partial charge in [-0.3, -0.25) is 0 Å². The van der Waals surface area contributed by atoms with Crippen LogP contribution in [0.3, 0.4) is 0 Å². The van der Waals surface area contributed by atoms with Crippen molar-refractivity contribution >= 4 is 12.1 Å². The van der Waals surface area contributed by atoms with Crippen LogP contribution in [0.5, 0.6) is 0 Å². The highest BCUT2D eigenvalue weighted by Gasteiger charge is 2.31. The Hall–Kier alpha value is -2.94. The average molecular weight is 484 g/mol. The molecule has 1 heterocycles. The van der Waals surface area contributed by atoms with E-state index in [2.05, 4.69) is 17.4 Å². The molecule has 35 heavy (non-hydrogen) atoms. The van der Waals surface area contributed by atoms with Gasteiger partial charge in [-0.05, 0) is 55.4 Å². The molecule has 0 aromatic heterocycles. The highest BCUT2D eigenvalue weighted by atomic mass is 16.7. The fraction of sp³-hybridized carbons (Fsp3) is 0.481. The smallest absolute Gasteiger partial charge is 0.407 e. The molecule has 0 saturated carbocycles. The predicted molar refractivity (Wildman–Crippen MR) is 129 cm³/mol. The molecule has 0 spiro atoms. The SMILES string of the molecule is CC(C)(COC[C@H](NC(=O)OCC1c2ccccc2-c2ccccc21)C(=O)O)OC1CCCCO1. The van der Waals surface area contributed by atoms with Crippen molar-refractivity contribution in [1.82, 2.24) is 5.32 Å². The van der Waals surface area contributed by atoms with Gasteiger partial charge in [-0.15, -0.1) is 0 Å². The number of benzene rings is 2. The summed E-state index contributed by atoms with van der Waals surface area (Å²) in [4.78, 5) is 24.2. The zero-order valence-corrected chi connectivity index (χ0v) is 20.2. The molecule has 0 radical (unpaired) electrons. The molecule has 1 unspecified atom stereocenters. The molecule has 1 aliphatic carbocycles. The molecule has 4 rings (SSSR count). The van der Waals surface area contributed by atoms with Crippen LogP contribution in [-0.2, 0) is 23.7 Å². The van der Waals surface area contributed by atoms with Crippen LogP contribution in [0.15, 0.2) is 48.5 Å². The number of carboxylic acids is 1. The van der Waals surface area contributed by atoms with Crippen LogP contribution >= 0.6 is 0 Å². The van der Waals surface area contributed by atoms with Crippen molar-refractivity contribution < 1.29 is 33.6 Å². The third kappa shape index (κ3) is 6.39. The number of rotatable bonds is 10. The number of hydrogen-bond acceptors (Lipinski definition) is 6. The molecular weight excluding hydrogens is 450 g/mol. The van der Waals surface area contributed by atoms with E-state index in [0.29, 0.717) is 6.61 Å². The zero-order chi connectivity index (χ0) is 24.8. The second-order valence-electron chi connectivity index (χ2n) is 9.55. The number of carbonyl (C=O) groups excluding carboxylic acids is 1. The molecule has 2 aromatic rings. The van der Waals surface area contributed by atoms with Crippen molar-refractivity contribution in [2.75, 3.05) is 26.4 Å². The third-order valence-corrected chi connectivity index (χ3v) is 6.26. The van der Waals surface area contributed by atoms with Crippen LogP contribution in [0.1, 0.15) is 50.2 Å². The van der Waals surface area contributed by atoms with Gasteiger partial charge in [0, 0.05) is 12.5 Å². The molecule has 8 heteroatoms. The van der Waals surface area contributed by atoms with Crippen LogP contribution in [0.2, 0.25) is 0 Å². The Morgan fingerprint density at radius 3 is 2.34 bits per heavy atom. The molecule has 0 bridgehead atoms. The van der Waals surface area contributed by atoms with Crippen molar-refractivity contribution in [3.05, 3.63) is 59.7 Å². The minimum atomic E-state index is -1.24. The van der Waals surface area contributed by atoms with Crippen molar-refractivity contribution in [2.24, 2.45) is 0 Å². The maximum atomic E-state index is 12.5. The number of fused-ring (bicyclic) bond motifs is 3. The first-order chi connectivity index (χ1) is 16.8. The maximum Gasteiger partial charge on any atom is 0.407 e. The van der Waals surface area contributed by atoms with Gasteiger partial charge < -0.3 is 29.4 Å². The Kier molecular flexibility index (Phi) is 8.05. The lowest BCUT2D eigenvalue weighted by Crippen LogP contribution is -2.46. The summed E-state index contributed by atoms with van der Waals surface area (Å²) in [5, 5.41) is 12.0. The number of nitrogens with one attached hydrogen (secondary N) is 1. The lowest BCUT2D eigenvalue weighted by atomic mass is 9.98. The lowest BCUT2D eigenvalue weighted by molar-refractivity contribution is -0.227. The molecule has 188 valence electrons. The molecule has 1 amide bonds. The van der Waals surface area contributed by atoms with Gasteiger partial charge in [0.2, 0.25) is 0 Å². The van der Waals surface area contributed by atoms with Gasteiger partial charge in [0.15, 0.2) is 12.3 Å². The second-order valence-corrected chi connectivity index (χ2v) is 9.55. The standard InChI is InChI=1S/C27H33NO7/c1-27(2,35-24-13-7-8-14-33-24)17-32-16-23(25(29)30)28-26(31)34-15-22-20-11-5-3-9-18(20)19-10-4-6-12-21(19)22/h3-6,9-12,22-24H,7-8,13-17H2,1-2H3,(H,28,31)(H,29,30)/t23-,24?/m0/s1. The Morgan fingerprint density at radius 2 is 1.74 bits per heavy atom. The van der Waals surface area contributed by atoms with Gasteiger partial charge in [0.25, 0.3) is 0 Å². The van der Waals surface area contributed by atoms with E-state index < -0.39 is 23.7 Å². The van der Waals surface area contributed by atoms with Crippen molar-refractivity contribution in [1.29, 1.82) is 0 Å². The van der Waals surface area contributed by atoms with E-state index in [1.54, 1.807) is 0 Å². The van der Waals surface area contributed by atoms with E-state index in [9.17, 15) is 14.7 Å². The maximum absolute atomic E-state index is 12.5. The van der Waals surface area contributed by atoms with E-state index in [4.69, 9.17) is 18.9 Å². The molecule has 2 aromatic carbocycles. The summed E-state index contributed by atoms with van der Waals surface area (Å²) >= 11 is 0. The topological polar surface area (TPSA) is 103 Å². The van der Waals surface area contributed by atoms with E-state index in [0.717, 1.165) is 41.5 Å². The van der Waals surface area contributed by atoms with Crippen LogP contribution < -0.4 is 5.32 Å². The summed E-state index contributed by atoms with van der Waals surface area (Å²) in [5.41, 5.74) is 3.76. The molecule has 1 saturated heterocycles. The summed E-state index contributed by atoms with van der Waals surface area (Å²) in [7, 11) is 0. The molecule has 1 aliphatic heterocycles. The van der Waals surface area contributed by atoms with Crippen molar-refractivity contribution in [3.63, 3.8) is 0 Å². The number of aliphatic carboxylic acids is 1. The molecular formula is C27H33NO7. The van der Waals surface area contributed by atoms with Crippen LogP contribution in [0.25, 0.3) is 11.1 Å². The van der Waals surface area contributed by atoms with Crippen LogP contribution in [0, 0.1) is 0 Å². The zero-order valence-electron chi connectivity index (χ0n) is 20.2. The first-order valence-corrected chi connectivity index (χ1v) is 12.1. The number of carboxylic acid groups (broad SMARTS) is 1. The van der Waals surface area contributed by atoms with E-state index in [1.807, 2.05) is 50.2 Å². The van der Waals surface area contributed by atoms with E-state index in [1.165, 1.54) is 0 Å². The molecule has 2 N–H and O–H groups in total. The average Bonchev–Trinajstić information content (AvgIpc) is 3.16. The monoisotopic (exact) mass is 483 g/mol. The lowest BCUT2D eigenvalue weighted by Gasteiger charge is -2.32. The largest absolute Gasteiger partial charge is 0.480 e. The minimum absolute atomic E-state index is 0.104. The van der Waals surface area contributed by atoms with Gasteiger partial charge >= 0.3 is 12.1 Å². The van der Waals surface area contributed by atoms with Gasteiger partial charge in [-0.2, -0.15) is 0 Å². The summed E-state index contributed by atoms with van der Waals surface area (Å²) < 4.78 is 22.6. The van der Waals surface area contributed by atoms with Crippen molar-refractivity contribution in [2.45, 2.75) is 57.0 Å². The van der Waals surface area contributed by atoms with Gasteiger partial charge in [0.05, 0.1) is 18.8 Å².